The third kappa shape index (κ3) is 1.29. The molecule has 1 aliphatic heterocycles. The molecule has 2 unspecified atom stereocenters. The molecule has 1 heterocycles. The Labute approximate surface area is 48.2 Å². The molecule has 0 saturated carbocycles. The van der Waals surface area contributed by atoms with E-state index in [1.54, 1.807) is 13.0 Å². The maximum absolute atomic E-state index is 10.3. The minimum Gasteiger partial charge on any atom is -0.237 e. The van der Waals surface area contributed by atoms with E-state index in [0.717, 1.165) is 0 Å². The largest absolute Gasteiger partial charge is 0.750 e. The van der Waals surface area contributed by atoms with Gasteiger partial charge < -0.3 is 0 Å². The summed E-state index contributed by atoms with van der Waals surface area (Å²) in [6.07, 6.45) is 3.01. The highest BCUT2D eigenvalue weighted by Gasteiger charge is 2.26. The van der Waals surface area contributed by atoms with Crippen LogP contribution in [0.2, 0.25) is 0 Å². The second-order valence-electron chi connectivity index (χ2n) is 1.47. The first kappa shape index (κ1) is 5.73. The first-order chi connectivity index (χ1) is 3.79. The van der Waals surface area contributed by atoms with Gasteiger partial charge in [-0.05, 0) is 13.0 Å². The molecule has 3 nitrogen and oxygen atoms in total. The van der Waals surface area contributed by atoms with Gasteiger partial charge in [0, 0.05) is 4.57 Å². The SMILES string of the molecule is CC1C=CO[P+](=O)O1. The zero-order valence-electron chi connectivity index (χ0n) is 4.40. The van der Waals surface area contributed by atoms with Gasteiger partial charge in [-0.25, -0.2) is 4.52 Å². The van der Waals surface area contributed by atoms with Crippen LogP contribution in [-0.2, 0) is 13.6 Å². The maximum Gasteiger partial charge on any atom is 0.750 e. The van der Waals surface area contributed by atoms with Gasteiger partial charge in [0.25, 0.3) is 0 Å². The van der Waals surface area contributed by atoms with Crippen molar-refractivity contribution in [3.63, 3.8) is 0 Å². The normalized spacial score (nSPS) is 32.1. The fourth-order valence-electron chi connectivity index (χ4n) is 0.391. The van der Waals surface area contributed by atoms with E-state index in [-0.39, 0.29) is 6.10 Å². The van der Waals surface area contributed by atoms with Crippen LogP contribution in [0.5, 0.6) is 0 Å². The Morgan fingerprint density at radius 2 is 2.50 bits per heavy atom. The van der Waals surface area contributed by atoms with Crippen molar-refractivity contribution in [2.24, 2.45) is 0 Å². The van der Waals surface area contributed by atoms with Crippen LogP contribution in [0.3, 0.4) is 0 Å². The molecule has 2 atom stereocenters. The average molecular weight is 133 g/mol. The number of hydrogen-bond donors (Lipinski definition) is 0. The first-order valence-electron chi connectivity index (χ1n) is 2.26. The van der Waals surface area contributed by atoms with Gasteiger partial charge in [0.1, 0.15) is 6.10 Å². The minimum atomic E-state index is -1.87. The van der Waals surface area contributed by atoms with Crippen LogP contribution >= 0.6 is 8.25 Å². The number of rotatable bonds is 0. The highest BCUT2D eigenvalue weighted by atomic mass is 31.1. The van der Waals surface area contributed by atoms with Gasteiger partial charge in [0.2, 0.25) is 0 Å². The fraction of sp³-hybridized carbons (Fsp3) is 0.500. The number of hydrogen-bond acceptors (Lipinski definition) is 3. The van der Waals surface area contributed by atoms with Gasteiger partial charge >= 0.3 is 8.25 Å². The van der Waals surface area contributed by atoms with E-state index in [0.29, 0.717) is 0 Å². The predicted octanol–water partition coefficient (Wildman–Crippen LogP) is 1.59. The Morgan fingerprint density at radius 3 is 2.88 bits per heavy atom. The summed E-state index contributed by atoms with van der Waals surface area (Å²) in [5, 5.41) is 0. The van der Waals surface area contributed by atoms with Crippen LogP contribution in [0.4, 0.5) is 0 Å². The molecule has 8 heavy (non-hydrogen) atoms. The lowest BCUT2D eigenvalue weighted by Gasteiger charge is -1.97. The standard InChI is InChI=1S/C4H6O3P/c1-4-2-3-6-8(5)7-4/h2-4H,1H3/q+1. The molecule has 4 heteroatoms. The van der Waals surface area contributed by atoms with Gasteiger partial charge in [-0.3, -0.25) is 0 Å². The summed E-state index contributed by atoms with van der Waals surface area (Å²) in [5.74, 6) is 0. The fourth-order valence-corrected chi connectivity index (χ4v) is 0.952. The van der Waals surface area contributed by atoms with E-state index in [4.69, 9.17) is 0 Å². The maximum atomic E-state index is 10.3. The Hall–Kier alpha value is -0.400. The molecule has 0 N–H and O–H groups in total. The molecule has 0 aromatic heterocycles. The van der Waals surface area contributed by atoms with Crippen molar-refractivity contribution >= 4 is 8.25 Å². The molecule has 0 aromatic rings. The Morgan fingerprint density at radius 1 is 1.75 bits per heavy atom. The van der Waals surface area contributed by atoms with Crippen LogP contribution in [0.15, 0.2) is 12.3 Å². The second kappa shape index (κ2) is 2.25. The molecular weight excluding hydrogens is 127 g/mol. The summed E-state index contributed by atoms with van der Waals surface area (Å²) >= 11 is 0. The Kier molecular flexibility index (Phi) is 1.61. The Bertz CT molecular complexity index is 131. The van der Waals surface area contributed by atoms with E-state index in [1.165, 1.54) is 6.26 Å². The van der Waals surface area contributed by atoms with Crippen LogP contribution in [-0.4, -0.2) is 6.10 Å². The van der Waals surface area contributed by atoms with Gasteiger partial charge in [0.15, 0.2) is 6.26 Å². The minimum absolute atomic E-state index is 0.0765. The summed E-state index contributed by atoms with van der Waals surface area (Å²) < 4.78 is 19.5. The van der Waals surface area contributed by atoms with Crippen molar-refractivity contribution in [3.05, 3.63) is 12.3 Å². The lowest BCUT2D eigenvalue weighted by Crippen LogP contribution is -2.01. The monoisotopic (exact) mass is 133 g/mol. The van der Waals surface area contributed by atoms with Crippen molar-refractivity contribution in [2.75, 3.05) is 0 Å². The van der Waals surface area contributed by atoms with Gasteiger partial charge in [-0.15, -0.1) is 4.52 Å². The van der Waals surface area contributed by atoms with Gasteiger partial charge in [-0.1, -0.05) is 0 Å². The molecule has 0 radical (unpaired) electrons. The third-order valence-electron chi connectivity index (χ3n) is 0.749. The van der Waals surface area contributed by atoms with E-state index in [2.05, 4.69) is 9.05 Å². The molecule has 0 saturated heterocycles. The second-order valence-corrected chi connectivity index (χ2v) is 2.34. The van der Waals surface area contributed by atoms with Crippen molar-refractivity contribution in [2.45, 2.75) is 13.0 Å². The third-order valence-corrected chi connectivity index (χ3v) is 1.55. The van der Waals surface area contributed by atoms with Crippen LogP contribution in [0.25, 0.3) is 0 Å². The van der Waals surface area contributed by atoms with Crippen molar-refractivity contribution < 1.29 is 13.6 Å². The lowest BCUT2D eigenvalue weighted by atomic mass is 10.4. The summed E-state index contributed by atoms with van der Waals surface area (Å²) in [5.41, 5.74) is 0. The van der Waals surface area contributed by atoms with E-state index in [1.807, 2.05) is 0 Å². The molecule has 44 valence electrons. The summed E-state index contributed by atoms with van der Waals surface area (Å²) in [6.45, 7) is 1.80. The van der Waals surface area contributed by atoms with E-state index in [9.17, 15) is 4.57 Å². The van der Waals surface area contributed by atoms with Gasteiger partial charge in [0.05, 0.1) is 0 Å². The highest BCUT2D eigenvalue weighted by Crippen LogP contribution is 2.29. The molecule has 0 amide bonds. The quantitative estimate of drug-likeness (QED) is 0.470. The Balaban J connectivity index is 2.54. The van der Waals surface area contributed by atoms with Crippen LogP contribution < -0.4 is 0 Å². The average Bonchev–Trinajstić information content (AvgIpc) is 1.64. The van der Waals surface area contributed by atoms with E-state index < -0.39 is 8.25 Å². The molecule has 0 bridgehead atoms. The molecule has 1 aliphatic rings. The van der Waals surface area contributed by atoms with Gasteiger partial charge in [-0.2, -0.15) is 0 Å². The topological polar surface area (TPSA) is 35.5 Å². The summed E-state index contributed by atoms with van der Waals surface area (Å²) in [6, 6.07) is 0. The first-order valence-corrected chi connectivity index (χ1v) is 3.36. The molecule has 0 aliphatic carbocycles. The summed E-state index contributed by atoms with van der Waals surface area (Å²) in [7, 11) is -1.87. The summed E-state index contributed by atoms with van der Waals surface area (Å²) in [4.78, 5) is 0. The molecule has 0 fully saturated rings. The van der Waals surface area contributed by atoms with Crippen molar-refractivity contribution in [3.8, 4) is 0 Å². The molecule has 1 rings (SSSR count). The highest BCUT2D eigenvalue weighted by molar-refractivity contribution is 7.33. The van der Waals surface area contributed by atoms with Crippen LogP contribution in [0.1, 0.15) is 6.92 Å². The smallest absolute Gasteiger partial charge is 0.237 e. The molecule has 0 aromatic carbocycles. The molecular formula is C4H6O3P+. The van der Waals surface area contributed by atoms with Crippen molar-refractivity contribution in [1.82, 2.24) is 0 Å². The predicted molar refractivity (Wildman–Crippen MR) is 28.4 cm³/mol. The van der Waals surface area contributed by atoms with E-state index >= 15 is 0 Å². The lowest BCUT2D eigenvalue weighted by molar-refractivity contribution is 0.216. The molecule has 0 spiro atoms. The zero-order valence-corrected chi connectivity index (χ0v) is 5.30. The van der Waals surface area contributed by atoms with Crippen LogP contribution in [0, 0.1) is 0 Å². The zero-order chi connectivity index (χ0) is 5.98. The van der Waals surface area contributed by atoms with Crippen molar-refractivity contribution in [1.29, 1.82) is 0 Å².